The molecule has 0 spiro atoms. The molecule has 0 atom stereocenters. The molecule has 2 saturated carbocycles. The van der Waals surface area contributed by atoms with E-state index in [9.17, 15) is 18.0 Å². The van der Waals surface area contributed by atoms with Crippen molar-refractivity contribution < 1.29 is 18.0 Å². The van der Waals surface area contributed by atoms with Crippen LogP contribution in [-0.2, 0) is 50.2 Å². The number of nitrogens with one attached hydrogen (secondary N) is 2. The highest BCUT2D eigenvalue weighted by Gasteiger charge is 2.44. The monoisotopic (exact) mass is 862 g/mol. The van der Waals surface area contributed by atoms with Crippen molar-refractivity contribution in [1.82, 2.24) is 33.2 Å². The number of aromatic nitrogens is 4. The lowest BCUT2D eigenvalue weighted by Crippen LogP contribution is -2.49. The maximum atomic E-state index is 13.8. The predicted octanol–water partition coefficient (Wildman–Crippen LogP) is 5.99. The third-order valence-electron chi connectivity index (χ3n) is 14.0. The summed E-state index contributed by atoms with van der Waals surface area (Å²) in [6.07, 6.45) is 11.2. The van der Waals surface area contributed by atoms with Crippen molar-refractivity contribution in [3.05, 3.63) is 80.9 Å². The molecule has 5 heterocycles. The maximum Gasteiger partial charge on any atom is 0.291 e. The third-order valence-corrected chi connectivity index (χ3v) is 15.9. The van der Waals surface area contributed by atoms with Crippen molar-refractivity contribution >= 4 is 56.6 Å². The number of halogens is 2. The molecule has 314 valence electrons. The smallest absolute Gasteiger partial charge is 0.291 e. The molecule has 0 radical (unpaired) electrons. The molecule has 4 N–H and O–H groups in total. The molecule has 0 unspecified atom stereocenters. The van der Waals surface area contributed by atoms with Gasteiger partial charge in [0.25, 0.3) is 22.0 Å². The van der Waals surface area contributed by atoms with E-state index in [1.165, 1.54) is 42.8 Å². The van der Waals surface area contributed by atoms with E-state index in [0.29, 0.717) is 82.7 Å². The van der Waals surface area contributed by atoms with Crippen LogP contribution in [0.1, 0.15) is 95.4 Å². The number of rotatable bonds is 10. The molecule has 3 fully saturated rings. The average molecular weight is 864 g/mol. The summed E-state index contributed by atoms with van der Waals surface area (Å²) in [6, 6.07) is 10.9. The van der Waals surface area contributed by atoms with E-state index in [0.717, 1.165) is 61.3 Å². The molecule has 2 aromatic heterocycles. The molecule has 59 heavy (non-hydrogen) atoms. The second-order valence-electron chi connectivity index (χ2n) is 17.3. The van der Waals surface area contributed by atoms with Crippen LogP contribution in [0.2, 0.25) is 10.0 Å². The number of anilines is 2. The van der Waals surface area contributed by atoms with Crippen LogP contribution in [0.5, 0.6) is 0 Å². The van der Waals surface area contributed by atoms with Crippen LogP contribution in [0.3, 0.4) is 0 Å². The lowest BCUT2D eigenvalue weighted by Gasteiger charge is -2.39. The Hall–Kier alpha value is -3.83. The molecule has 2 amide bonds. The molecule has 2 aromatic carbocycles. The first-order valence-electron chi connectivity index (χ1n) is 20.8. The fourth-order valence-corrected chi connectivity index (χ4v) is 11.9. The quantitative estimate of drug-likeness (QED) is 0.175. The fourth-order valence-electron chi connectivity index (χ4n) is 10.6. The zero-order valence-electron chi connectivity index (χ0n) is 33.6. The summed E-state index contributed by atoms with van der Waals surface area (Å²) in [5, 5.41) is 11.9. The number of benzene rings is 2. The zero-order chi connectivity index (χ0) is 41.2. The Labute approximate surface area is 355 Å². The minimum absolute atomic E-state index is 0.206. The maximum absolute atomic E-state index is 13.8. The van der Waals surface area contributed by atoms with E-state index in [4.69, 9.17) is 38.3 Å². The molecular weight excluding hydrogens is 812 g/mol. The van der Waals surface area contributed by atoms with Crippen LogP contribution in [-0.4, -0.2) is 92.2 Å². The summed E-state index contributed by atoms with van der Waals surface area (Å²) in [5.74, 6) is 0.832. The Morgan fingerprint density at radius 3 is 1.86 bits per heavy atom. The second-order valence-corrected chi connectivity index (χ2v) is 19.6. The van der Waals surface area contributed by atoms with E-state index in [-0.39, 0.29) is 17.8 Å². The second kappa shape index (κ2) is 15.9. The van der Waals surface area contributed by atoms with Crippen molar-refractivity contribution in [2.75, 3.05) is 43.4 Å². The number of amides is 2. The highest BCUT2D eigenvalue weighted by Crippen LogP contribution is 2.56. The topological polar surface area (TPSA) is 164 Å². The molecule has 2 bridgehead atoms. The summed E-state index contributed by atoms with van der Waals surface area (Å²) in [5.41, 5.74) is 6.46. The minimum atomic E-state index is -3.69. The fraction of sp³-hybridized carbons (Fsp3) is 0.524. The number of carbonyl (C=O) groups is 2. The predicted molar refractivity (Wildman–Crippen MR) is 229 cm³/mol. The van der Waals surface area contributed by atoms with Crippen molar-refractivity contribution in [1.29, 1.82) is 0 Å². The summed E-state index contributed by atoms with van der Waals surface area (Å²) in [7, 11) is 0.0541. The largest absolute Gasteiger partial charge is 0.327 e. The molecule has 2 aliphatic carbocycles. The summed E-state index contributed by atoms with van der Waals surface area (Å²) >= 11 is 14.0. The molecule has 17 heteroatoms. The molecule has 9 rings (SSSR count). The molecule has 4 aromatic rings. The van der Waals surface area contributed by atoms with Gasteiger partial charge in [-0.25, -0.2) is 15.1 Å². The van der Waals surface area contributed by atoms with Crippen LogP contribution >= 0.6 is 23.2 Å². The highest BCUT2D eigenvalue weighted by molar-refractivity contribution is 7.86. The number of hydrogen-bond donors (Lipinski definition) is 3. The van der Waals surface area contributed by atoms with E-state index in [1.807, 2.05) is 35.4 Å². The third kappa shape index (κ3) is 7.84. The van der Waals surface area contributed by atoms with Gasteiger partial charge in [0.05, 0.1) is 32.8 Å². The number of fused-ring (bicyclic) bond motifs is 4. The standard InChI is InChI=1S/C42H52Cl2N10O4S/c1-50-34-13-18-52(22-17-42-15-9-26(23-42)10-16-42)24-32(34)46-38(50)40(55)48-30-7-3-5-28(36(30)43)29-6-4-8-31(37(29)44)49-41(56)39-47-33-25-53(19-14-35(33)51(39)2)27-11-20-54(21-12-27)59(45,57)58/h3-8,26-27H,9-25H2,1-2H3,(H,48,55)(H,49,56)(H2,45,57,58). The van der Waals surface area contributed by atoms with Gasteiger partial charge in [-0.15, -0.1) is 0 Å². The van der Waals surface area contributed by atoms with E-state index in [1.54, 1.807) is 24.3 Å². The average Bonchev–Trinajstić information content (AvgIpc) is 4.00. The van der Waals surface area contributed by atoms with Gasteiger partial charge in [-0.1, -0.05) is 47.5 Å². The molecule has 14 nitrogen and oxygen atoms in total. The normalized spacial score (nSPS) is 22.7. The molecular formula is C42H52Cl2N10O4S. The van der Waals surface area contributed by atoms with Crippen LogP contribution in [0.15, 0.2) is 36.4 Å². The van der Waals surface area contributed by atoms with Gasteiger partial charge in [-0.05, 0) is 81.4 Å². The first-order chi connectivity index (χ1) is 28.3. The van der Waals surface area contributed by atoms with Crippen molar-refractivity contribution in [2.45, 2.75) is 83.3 Å². The number of carbonyl (C=O) groups excluding carboxylic acids is 2. The number of piperidine rings is 1. The zero-order valence-corrected chi connectivity index (χ0v) is 36.0. The van der Waals surface area contributed by atoms with Gasteiger partial charge in [-0.2, -0.15) is 12.7 Å². The van der Waals surface area contributed by atoms with Crippen molar-refractivity contribution in [2.24, 2.45) is 30.6 Å². The van der Waals surface area contributed by atoms with Crippen LogP contribution in [0, 0.1) is 11.3 Å². The van der Waals surface area contributed by atoms with E-state index < -0.39 is 16.1 Å². The lowest BCUT2D eigenvalue weighted by molar-refractivity contribution is 0.100. The highest BCUT2D eigenvalue weighted by atomic mass is 35.5. The molecule has 1 saturated heterocycles. The van der Waals surface area contributed by atoms with Gasteiger partial charge in [0.15, 0.2) is 11.6 Å². The van der Waals surface area contributed by atoms with Gasteiger partial charge >= 0.3 is 0 Å². The summed E-state index contributed by atoms with van der Waals surface area (Å²) in [6.45, 7) is 4.94. The van der Waals surface area contributed by atoms with E-state index >= 15 is 0 Å². The minimum Gasteiger partial charge on any atom is -0.327 e. The lowest BCUT2D eigenvalue weighted by atomic mass is 9.81. The number of nitrogens with two attached hydrogens (primary N) is 1. The van der Waals surface area contributed by atoms with Crippen molar-refractivity contribution in [3.8, 4) is 11.1 Å². The Kier molecular flexibility index (Phi) is 10.9. The Morgan fingerprint density at radius 1 is 0.797 bits per heavy atom. The van der Waals surface area contributed by atoms with Crippen molar-refractivity contribution in [3.63, 3.8) is 0 Å². The Morgan fingerprint density at radius 2 is 1.34 bits per heavy atom. The van der Waals surface area contributed by atoms with Gasteiger partial charge in [0.1, 0.15) is 0 Å². The van der Waals surface area contributed by atoms with Crippen LogP contribution < -0.4 is 15.8 Å². The van der Waals surface area contributed by atoms with E-state index in [2.05, 4.69) is 20.4 Å². The van der Waals surface area contributed by atoms with Crippen LogP contribution in [0.25, 0.3) is 11.1 Å². The first kappa shape index (κ1) is 40.6. The Balaban J connectivity index is 0.858. The number of nitrogens with zero attached hydrogens (tertiary/aromatic N) is 7. The SMILES string of the molecule is Cn1c(C(=O)Nc2cccc(-c3cccc(NC(=O)c4nc5c(n4C)CCN(C4CCN(S(N)(=O)=O)CC4)C5)c3Cl)c2Cl)nc2c1CCN(CCC13CCC(CC1)C3)C2. The summed E-state index contributed by atoms with van der Waals surface area (Å²) in [4.78, 5) is 41.9. The molecule has 5 aliphatic rings. The van der Waals surface area contributed by atoms with Gasteiger partial charge in [-0.3, -0.25) is 19.4 Å². The molecule has 3 aliphatic heterocycles. The first-order valence-corrected chi connectivity index (χ1v) is 23.1. The van der Waals surface area contributed by atoms with Crippen LogP contribution in [0.4, 0.5) is 11.4 Å². The van der Waals surface area contributed by atoms with Gasteiger partial charge < -0.3 is 19.8 Å². The Bertz CT molecular complexity index is 2420. The summed E-state index contributed by atoms with van der Waals surface area (Å²) < 4.78 is 28.7. The number of hydrogen-bond acceptors (Lipinski definition) is 8. The van der Waals surface area contributed by atoms with Gasteiger partial charge in [0.2, 0.25) is 0 Å². The number of imidazole rings is 2. The van der Waals surface area contributed by atoms with Gasteiger partial charge in [0, 0.05) is 94.8 Å².